The second kappa shape index (κ2) is 8.66. The number of nitrogens with zero attached hydrogens (tertiary/aromatic N) is 3. The lowest BCUT2D eigenvalue weighted by Gasteiger charge is -2.14. The summed E-state index contributed by atoms with van der Waals surface area (Å²) in [6.07, 6.45) is 0.397. The third-order valence-electron chi connectivity index (χ3n) is 4.31. The van der Waals surface area contributed by atoms with Gasteiger partial charge in [-0.15, -0.1) is 21.5 Å². The van der Waals surface area contributed by atoms with E-state index in [1.807, 2.05) is 18.4 Å². The van der Waals surface area contributed by atoms with Crippen molar-refractivity contribution in [1.29, 1.82) is 5.26 Å². The number of halogens is 3. The largest absolute Gasteiger partial charge is 0.455 e. The normalized spacial score (nSPS) is 10.8. The van der Waals surface area contributed by atoms with E-state index in [9.17, 15) is 0 Å². The maximum atomic E-state index is 9.14. The van der Waals surface area contributed by atoms with E-state index in [4.69, 9.17) is 49.2 Å². The van der Waals surface area contributed by atoms with E-state index in [2.05, 4.69) is 16.3 Å². The average molecular weight is 477 g/mol. The standard InChI is InChI=1S/C21H12Cl3N3O2S/c1-11-13(8-18-26-27-21(29-18)20-17(24)4-5-30-20)2-3-16(23)19(11)28-15-7-12(10-25)6-14(22)9-15/h2-7,9H,8H2,1H3. The molecule has 2 aromatic carbocycles. The summed E-state index contributed by atoms with van der Waals surface area (Å²) in [7, 11) is 0. The van der Waals surface area contributed by atoms with Crippen LogP contribution in [0.25, 0.3) is 10.8 Å². The van der Waals surface area contributed by atoms with Gasteiger partial charge in [0.25, 0.3) is 5.89 Å². The van der Waals surface area contributed by atoms with Gasteiger partial charge in [-0.05, 0) is 53.8 Å². The van der Waals surface area contributed by atoms with Crippen LogP contribution in [0, 0.1) is 18.3 Å². The van der Waals surface area contributed by atoms with Crippen molar-refractivity contribution in [3.63, 3.8) is 0 Å². The fourth-order valence-corrected chi connectivity index (χ4v) is 4.37. The van der Waals surface area contributed by atoms with Crippen LogP contribution in [0.1, 0.15) is 22.6 Å². The maximum Gasteiger partial charge on any atom is 0.259 e. The highest BCUT2D eigenvalue weighted by molar-refractivity contribution is 7.14. The smallest absolute Gasteiger partial charge is 0.259 e. The molecule has 150 valence electrons. The zero-order chi connectivity index (χ0) is 21.3. The van der Waals surface area contributed by atoms with Crippen LogP contribution in [-0.2, 0) is 6.42 Å². The van der Waals surface area contributed by atoms with Crippen molar-refractivity contribution in [2.75, 3.05) is 0 Å². The highest BCUT2D eigenvalue weighted by Gasteiger charge is 2.17. The topological polar surface area (TPSA) is 71.9 Å². The lowest BCUT2D eigenvalue weighted by Crippen LogP contribution is -1.97. The van der Waals surface area contributed by atoms with Gasteiger partial charge in [-0.25, -0.2) is 0 Å². The molecule has 0 aliphatic rings. The predicted octanol–water partition coefficient (Wildman–Crippen LogP) is 7.32. The molecule has 2 heterocycles. The number of hydrogen-bond acceptors (Lipinski definition) is 6. The third-order valence-corrected chi connectivity index (χ3v) is 6.16. The Morgan fingerprint density at radius 1 is 1.10 bits per heavy atom. The van der Waals surface area contributed by atoms with Gasteiger partial charge >= 0.3 is 0 Å². The Morgan fingerprint density at radius 2 is 1.93 bits per heavy atom. The minimum absolute atomic E-state index is 0.385. The van der Waals surface area contributed by atoms with Crippen LogP contribution >= 0.6 is 46.1 Å². The zero-order valence-corrected chi connectivity index (χ0v) is 18.5. The fraction of sp³-hybridized carbons (Fsp3) is 0.0952. The first-order chi connectivity index (χ1) is 14.4. The van der Waals surface area contributed by atoms with Crippen LogP contribution in [-0.4, -0.2) is 10.2 Å². The molecule has 0 atom stereocenters. The van der Waals surface area contributed by atoms with E-state index in [0.29, 0.717) is 50.3 Å². The minimum atomic E-state index is 0.385. The average Bonchev–Trinajstić information content (AvgIpc) is 3.35. The molecule has 0 bridgehead atoms. The Labute approximate surface area is 191 Å². The van der Waals surface area contributed by atoms with Gasteiger partial charge < -0.3 is 9.15 Å². The summed E-state index contributed by atoms with van der Waals surface area (Å²) in [4.78, 5) is 0.738. The van der Waals surface area contributed by atoms with Gasteiger partial charge in [-0.1, -0.05) is 40.9 Å². The van der Waals surface area contributed by atoms with Gasteiger partial charge in [0.15, 0.2) is 0 Å². The van der Waals surface area contributed by atoms with Crippen molar-refractivity contribution in [1.82, 2.24) is 10.2 Å². The molecule has 0 amide bonds. The molecular formula is C21H12Cl3N3O2S. The SMILES string of the molecule is Cc1c(Cc2nnc(-c3sccc3Cl)o2)ccc(Cl)c1Oc1cc(Cl)cc(C#N)c1. The summed E-state index contributed by atoms with van der Waals surface area (Å²) in [6, 6.07) is 12.2. The van der Waals surface area contributed by atoms with E-state index in [1.165, 1.54) is 11.3 Å². The molecular weight excluding hydrogens is 465 g/mol. The van der Waals surface area contributed by atoms with E-state index in [-0.39, 0.29) is 0 Å². The molecule has 4 aromatic rings. The Kier molecular flexibility index (Phi) is 5.98. The molecule has 0 aliphatic heterocycles. The maximum absolute atomic E-state index is 9.14. The Hall–Kier alpha value is -2.56. The van der Waals surface area contributed by atoms with Gasteiger partial charge in [0.05, 0.1) is 28.1 Å². The van der Waals surface area contributed by atoms with Crippen molar-refractivity contribution < 1.29 is 9.15 Å². The number of hydrogen-bond donors (Lipinski definition) is 0. The second-order valence-electron chi connectivity index (χ2n) is 6.33. The van der Waals surface area contributed by atoms with E-state index >= 15 is 0 Å². The molecule has 0 saturated carbocycles. The highest BCUT2D eigenvalue weighted by atomic mass is 35.5. The third kappa shape index (κ3) is 4.30. The van der Waals surface area contributed by atoms with Gasteiger partial charge in [0, 0.05) is 5.02 Å². The van der Waals surface area contributed by atoms with E-state index in [0.717, 1.165) is 16.0 Å². The minimum Gasteiger partial charge on any atom is -0.455 e. The Bertz CT molecular complexity index is 1280. The molecule has 4 rings (SSSR count). The predicted molar refractivity (Wildman–Crippen MR) is 118 cm³/mol. The monoisotopic (exact) mass is 475 g/mol. The fourth-order valence-electron chi connectivity index (χ4n) is 2.85. The van der Waals surface area contributed by atoms with Crippen molar-refractivity contribution in [2.45, 2.75) is 13.3 Å². The number of benzene rings is 2. The lowest BCUT2D eigenvalue weighted by atomic mass is 10.0. The van der Waals surface area contributed by atoms with E-state index < -0.39 is 0 Å². The molecule has 0 spiro atoms. The molecule has 5 nitrogen and oxygen atoms in total. The van der Waals surface area contributed by atoms with Crippen molar-refractivity contribution in [2.24, 2.45) is 0 Å². The van der Waals surface area contributed by atoms with Crippen molar-refractivity contribution in [3.8, 4) is 28.3 Å². The van der Waals surface area contributed by atoms with Crippen LogP contribution in [0.5, 0.6) is 11.5 Å². The molecule has 30 heavy (non-hydrogen) atoms. The Morgan fingerprint density at radius 3 is 2.67 bits per heavy atom. The summed E-state index contributed by atoms with van der Waals surface area (Å²) in [5.74, 6) is 1.73. The molecule has 0 fully saturated rings. The van der Waals surface area contributed by atoms with Gasteiger partial charge in [-0.3, -0.25) is 0 Å². The van der Waals surface area contributed by atoms with Crippen molar-refractivity contribution >= 4 is 46.1 Å². The molecule has 0 unspecified atom stereocenters. The summed E-state index contributed by atoms with van der Waals surface area (Å²) in [5.41, 5.74) is 2.12. The molecule has 2 aromatic heterocycles. The summed E-state index contributed by atoms with van der Waals surface area (Å²) >= 11 is 20.0. The number of ether oxygens (including phenoxy) is 1. The second-order valence-corrected chi connectivity index (χ2v) is 8.49. The first kappa shape index (κ1) is 20.7. The zero-order valence-electron chi connectivity index (χ0n) is 15.4. The number of aromatic nitrogens is 2. The lowest BCUT2D eigenvalue weighted by molar-refractivity contribution is 0.477. The molecule has 0 radical (unpaired) electrons. The number of nitriles is 1. The van der Waals surface area contributed by atoms with Gasteiger partial charge in [0.1, 0.15) is 16.4 Å². The molecule has 0 aliphatic carbocycles. The number of rotatable bonds is 5. The summed E-state index contributed by atoms with van der Waals surface area (Å²) in [5, 5.41) is 20.6. The molecule has 0 N–H and O–H groups in total. The van der Waals surface area contributed by atoms with E-state index in [1.54, 1.807) is 30.3 Å². The quantitative estimate of drug-likeness (QED) is 0.302. The van der Waals surface area contributed by atoms with Crippen molar-refractivity contribution in [3.05, 3.63) is 79.4 Å². The van der Waals surface area contributed by atoms with Crippen LogP contribution in [0.2, 0.25) is 15.1 Å². The van der Waals surface area contributed by atoms with Crippen LogP contribution in [0.4, 0.5) is 0 Å². The number of thiophene rings is 1. The summed E-state index contributed by atoms with van der Waals surface area (Å²) in [6.45, 7) is 1.89. The van der Waals surface area contributed by atoms with Crippen LogP contribution in [0.15, 0.2) is 46.2 Å². The Balaban J connectivity index is 1.62. The van der Waals surface area contributed by atoms with Crippen LogP contribution in [0.3, 0.4) is 0 Å². The summed E-state index contributed by atoms with van der Waals surface area (Å²) < 4.78 is 11.8. The molecule has 9 heteroatoms. The van der Waals surface area contributed by atoms with Crippen LogP contribution < -0.4 is 4.74 Å². The first-order valence-corrected chi connectivity index (χ1v) is 10.7. The first-order valence-electron chi connectivity index (χ1n) is 8.67. The van der Waals surface area contributed by atoms with Gasteiger partial charge in [-0.2, -0.15) is 5.26 Å². The highest BCUT2D eigenvalue weighted by Crippen LogP contribution is 2.37. The molecule has 0 saturated heterocycles. The van der Waals surface area contributed by atoms with Gasteiger partial charge in [0.2, 0.25) is 5.89 Å².